The molecule has 0 aromatic carbocycles. The maximum atomic E-state index is 13.0. The molecule has 0 aromatic heterocycles. The molecule has 0 amide bonds. The topological polar surface area (TPSA) is 231 Å². The van der Waals surface area contributed by atoms with E-state index in [0.717, 1.165) is 135 Å². The third-order valence-electron chi connectivity index (χ3n) is 19.2. The lowest BCUT2D eigenvalue weighted by Gasteiger charge is -2.21. The molecule has 0 bridgehead atoms. The summed E-state index contributed by atoms with van der Waals surface area (Å²) in [5.74, 6) is -1.56. The van der Waals surface area contributed by atoms with Gasteiger partial charge in [-0.15, -0.1) is 0 Å². The molecule has 16 nitrogen and oxygen atoms in total. The van der Waals surface area contributed by atoms with E-state index in [9.17, 15) is 43.5 Å². The van der Waals surface area contributed by atoms with Crippen molar-refractivity contribution in [3.8, 4) is 0 Å². The van der Waals surface area contributed by atoms with Gasteiger partial charge in [-0.25, -0.2) is 9.13 Å². The minimum absolute atomic E-state index is 0.107. The molecule has 0 saturated carbocycles. The monoisotopic (exact) mass is 1600 g/mol. The van der Waals surface area contributed by atoms with E-state index in [0.29, 0.717) is 19.3 Å². The number of aliphatic hydroxyl groups excluding tert-OH is 2. The lowest BCUT2D eigenvalue weighted by atomic mass is 10.0. The van der Waals surface area contributed by atoms with Gasteiger partial charge in [-0.2, -0.15) is 0 Å². The number of hydrogen-bond donors (Lipinski definition) is 4. The molecule has 111 heavy (non-hydrogen) atoms. The first-order valence-electron chi connectivity index (χ1n) is 44.8. The molecule has 642 valence electrons. The van der Waals surface area contributed by atoms with E-state index in [1.807, 2.05) is 0 Å². The van der Waals surface area contributed by atoms with Crippen LogP contribution in [0.1, 0.15) is 393 Å². The maximum absolute atomic E-state index is 13.0. The fraction of sp³-hybridized carbons (Fsp3) is 0.753. The lowest BCUT2D eigenvalue weighted by Crippen LogP contribution is -2.30. The summed E-state index contributed by atoms with van der Waals surface area (Å²) >= 11 is 0. The summed E-state index contributed by atoms with van der Waals surface area (Å²) in [7, 11) is -9.79. The Kier molecular flexibility index (Phi) is 82.2. The zero-order chi connectivity index (χ0) is 80.8. The molecule has 0 heterocycles. The van der Waals surface area contributed by atoms with E-state index in [1.54, 1.807) is 0 Å². The van der Waals surface area contributed by atoms with E-state index in [4.69, 9.17) is 32.3 Å². The highest BCUT2D eigenvalue weighted by Crippen LogP contribution is 2.45. The van der Waals surface area contributed by atoms with Gasteiger partial charge < -0.3 is 34.2 Å². The van der Waals surface area contributed by atoms with Gasteiger partial charge in [0.2, 0.25) is 0 Å². The average molecular weight is 1600 g/mol. The zero-order valence-electron chi connectivity index (χ0n) is 70.6. The van der Waals surface area contributed by atoms with Crippen LogP contribution in [0, 0.1) is 0 Å². The highest BCUT2D eigenvalue weighted by Gasteiger charge is 2.29. The quantitative estimate of drug-likeness (QED) is 0.0146. The molecule has 0 aliphatic heterocycles. The molecule has 0 radical (unpaired) electrons. The predicted molar refractivity (Wildman–Crippen MR) is 463 cm³/mol. The van der Waals surface area contributed by atoms with Crippen LogP contribution in [0.25, 0.3) is 0 Å². The number of carbonyl (C=O) groups excluding carboxylic acids is 3. The van der Waals surface area contributed by atoms with Crippen LogP contribution in [-0.4, -0.2) is 95.9 Å². The lowest BCUT2D eigenvalue weighted by molar-refractivity contribution is -0.161. The number of esters is 3. The Hall–Kier alpha value is -4.05. The Balaban J connectivity index is 4.43. The normalized spacial score (nSPS) is 14.4. The number of carbonyl (C=O) groups is 3. The van der Waals surface area contributed by atoms with Crippen LogP contribution in [0.4, 0.5) is 0 Å². The molecule has 5 atom stereocenters. The molecule has 4 N–H and O–H groups in total. The van der Waals surface area contributed by atoms with E-state index >= 15 is 0 Å². The van der Waals surface area contributed by atoms with Crippen molar-refractivity contribution in [2.24, 2.45) is 0 Å². The SMILES string of the molecule is CC/C=C\C/C=C\C/C=C\C/C=C\C/C=C\C/C=C\CCCCCCCCCCCCCCCCCCC(=O)OCC(O)COP(=O)(O)OCC(O)COP(=O)(O)OCC(COC(=O)CCCCCCCCCCC/C=C\C/C=C\C/C=C\C/C=C\CCCCC)OC(=O)CCCCCCCCCCCCCCCCC. The molecule has 5 unspecified atom stereocenters. The summed E-state index contributed by atoms with van der Waals surface area (Å²) in [6.07, 6.45) is 104. The summed E-state index contributed by atoms with van der Waals surface area (Å²) in [6.45, 7) is 2.60. The molecular weight excluding hydrogens is 1430 g/mol. The largest absolute Gasteiger partial charge is 0.472 e. The summed E-state index contributed by atoms with van der Waals surface area (Å²) in [5.41, 5.74) is 0. The number of unbranched alkanes of at least 4 members (excludes halogenated alkanes) is 42. The fourth-order valence-corrected chi connectivity index (χ4v) is 14.0. The van der Waals surface area contributed by atoms with Crippen LogP contribution in [0.5, 0.6) is 0 Å². The second kappa shape index (κ2) is 85.3. The number of hydrogen-bond acceptors (Lipinski definition) is 14. The maximum Gasteiger partial charge on any atom is 0.472 e. The Labute approximate surface area is 678 Å². The molecule has 0 saturated heterocycles. The van der Waals surface area contributed by atoms with Crippen molar-refractivity contribution >= 4 is 33.6 Å². The average Bonchev–Trinajstić information content (AvgIpc) is 0.901. The summed E-state index contributed by atoms with van der Waals surface area (Å²) in [4.78, 5) is 58.8. The number of ether oxygens (including phenoxy) is 3. The van der Waals surface area contributed by atoms with Gasteiger partial charge >= 0.3 is 33.6 Å². The number of allylic oxidation sites excluding steroid dienone is 20. The van der Waals surface area contributed by atoms with Gasteiger partial charge in [0, 0.05) is 19.3 Å². The molecule has 0 aromatic rings. The van der Waals surface area contributed by atoms with Crippen molar-refractivity contribution in [2.75, 3.05) is 39.6 Å². The van der Waals surface area contributed by atoms with Crippen LogP contribution >= 0.6 is 15.6 Å². The molecular formula is C93H164O16P2. The predicted octanol–water partition coefficient (Wildman–Crippen LogP) is 27.2. The number of phosphoric acid groups is 2. The van der Waals surface area contributed by atoms with Gasteiger partial charge in [0.1, 0.15) is 25.4 Å². The van der Waals surface area contributed by atoms with Crippen LogP contribution in [0.3, 0.4) is 0 Å². The first-order chi connectivity index (χ1) is 54.2. The van der Waals surface area contributed by atoms with E-state index in [-0.39, 0.29) is 19.3 Å². The highest BCUT2D eigenvalue weighted by molar-refractivity contribution is 7.47. The van der Waals surface area contributed by atoms with Crippen molar-refractivity contribution in [3.63, 3.8) is 0 Å². The zero-order valence-corrected chi connectivity index (χ0v) is 72.4. The third-order valence-corrected chi connectivity index (χ3v) is 21.1. The number of aliphatic hydroxyl groups is 2. The van der Waals surface area contributed by atoms with Crippen molar-refractivity contribution < 1.29 is 75.8 Å². The van der Waals surface area contributed by atoms with Gasteiger partial charge in [0.15, 0.2) is 6.10 Å². The summed E-state index contributed by atoms with van der Waals surface area (Å²) < 4.78 is 61.4. The minimum atomic E-state index is -4.93. The summed E-state index contributed by atoms with van der Waals surface area (Å²) in [5, 5.41) is 20.7. The second-order valence-electron chi connectivity index (χ2n) is 30.0. The molecule has 18 heteroatoms. The summed E-state index contributed by atoms with van der Waals surface area (Å²) in [6, 6.07) is 0. The van der Waals surface area contributed by atoms with Crippen molar-refractivity contribution in [2.45, 2.75) is 411 Å². The fourth-order valence-electron chi connectivity index (χ4n) is 12.4. The number of phosphoric ester groups is 2. The van der Waals surface area contributed by atoms with Crippen molar-refractivity contribution in [1.82, 2.24) is 0 Å². The van der Waals surface area contributed by atoms with Gasteiger partial charge in [0.25, 0.3) is 0 Å². The Bertz CT molecular complexity index is 2500. The van der Waals surface area contributed by atoms with Crippen LogP contribution in [0.2, 0.25) is 0 Å². The van der Waals surface area contributed by atoms with Crippen molar-refractivity contribution in [1.29, 1.82) is 0 Å². The first kappa shape index (κ1) is 107. The van der Waals surface area contributed by atoms with E-state index in [1.165, 1.54) is 199 Å². The van der Waals surface area contributed by atoms with Gasteiger partial charge in [-0.3, -0.25) is 32.5 Å². The van der Waals surface area contributed by atoms with Gasteiger partial charge in [0.05, 0.1) is 26.4 Å². The Morgan fingerprint density at radius 1 is 0.261 bits per heavy atom. The standard InChI is InChI=1S/C93H164O16P2/c1-4-7-10-13-16-19-22-25-28-30-32-34-36-38-39-40-41-42-43-44-45-46-47-49-51-52-54-56-59-61-64-67-70-73-76-79-91(96)103-82-88(94)83-105-110(99,100)106-84-89(95)85-107-111(101,102)108-87-90(109-93(98)81-78-75-72-69-66-63-58-27-24-21-18-15-12-9-6-3)86-104-92(97)80-77-74-71-68-65-62-60-57-55-53-50-48-37-35-33-31-29-26-23-20-17-14-11-8-5-2/h7,10,16-17,19-20,25-26,28-29,32-35,38-39,41-42,48,50,88-90,94-95H,4-6,8-9,11-15,18,21-24,27,30-31,36-37,40,43-47,49,51-87H2,1-3H3,(H,99,100)(H,101,102)/b10-7-,19-16-,20-17-,28-25-,29-26-,34-32-,35-33-,39-38-,42-41-,50-48-. The number of rotatable bonds is 85. The molecule has 0 spiro atoms. The van der Waals surface area contributed by atoms with E-state index in [2.05, 4.69) is 142 Å². The van der Waals surface area contributed by atoms with E-state index < -0.39 is 91.5 Å². The Morgan fingerprint density at radius 2 is 0.477 bits per heavy atom. The van der Waals surface area contributed by atoms with Crippen LogP contribution in [0.15, 0.2) is 122 Å². The molecule has 0 aliphatic rings. The highest BCUT2D eigenvalue weighted by atomic mass is 31.2. The Morgan fingerprint density at radius 3 is 0.775 bits per heavy atom. The molecule has 0 fully saturated rings. The third kappa shape index (κ3) is 86.6. The van der Waals surface area contributed by atoms with Crippen molar-refractivity contribution in [3.05, 3.63) is 122 Å². The first-order valence-corrected chi connectivity index (χ1v) is 47.8. The van der Waals surface area contributed by atoms with Crippen LogP contribution < -0.4 is 0 Å². The molecule has 0 rings (SSSR count). The van der Waals surface area contributed by atoms with Gasteiger partial charge in [-0.05, 0) is 116 Å². The van der Waals surface area contributed by atoms with Crippen LogP contribution in [-0.2, 0) is 55.8 Å². The smallest absolute Gasteiger partial charge is 0.463 e. The van der Waals surface area contributed by atoms with Gasteiger partial charge in [-0.1, -0.05) is 380 Å². The molecule has 0 aliphatic carbocycles. The second-order valence-corrected chi connectivity index (χ2v) is 32.9. The minimum Gasteiger partial charge on any atom is -0.463 e.